The van der Waals surface area contributed by atoms with E-state index in [1.54, 1.807) is 0 Å². The Morgan fingerprint density at radius 1 is 1.64 bits per heavy atom. The number of nitrogens with zero attached hydrogens (tertiary/aromatic N) is 2. The standard InChI is InChI=1S/C8H11N3O2S/c1-5(9-4-3-7(12)13)8-11-10-6(2)14-8/h3-5,9H,1-2H3,(H,12,13)/b4-3+. The SMILES string of the molecule is Cc1nnc(C(C)N/C=C/C(=O)O)s1. The summed E-state index contributed by atoms with van der Waals surface area (Å²) in [6, 6.07) is -0.0169. The molecule has 6 heteroatoms. The average Bonchev–Trinajstić information content (AvgIpc) is 2.51. The van der Waals surface area contributed by atoms with Crippen LogP contribution in [-0.4, -0.2) is 21.3 Å². The minimum atomic E-state index is -0.974. The van der Waals surface area contributed by atoms with E-state index in [9.17, 15) is 4.79 Å². The van der Waals surface area contributed by atoms with Gasteiger partial charge in [-0.1, -0.05) is 11.3 Å². The van der Waals surface area contributed by atoms with Crippen LogP contribution in [-0.2, 0) is 4.79 Å². The van der Waals surface area contributed by atoms with E-state index in [0.717, 1.165) is 16.1 Å². The fourth-order valence-electron chi connectivity index (χ4n) is 0.822. The van der Waals surface area contributed by atoms with Gasteiger partial charge in [-0.25, -0.2) is 4.79 Å². The maximum atomic E-state index is 10.2. The van der Waals surface area contributed by atoms with Crippen molar-refractivity contribution in [2.45, 2.75) is 19.9 Å². The third-order valence-electron chi connectivity index (χ3n) is 1.48. The number of hydrogen-bond donors (Lipinski definition) is 2. The van der Waals surface area contributed by atoms with Gasteiger partial charge in [0.1, 0.15) is 10.0 Å². The van der Waals surface area contributed by atoms with Gasteiger partial charge in [-0.15, -0.1) is 10.2 Å². The van der Waals surface area contributed by atoms with Crippen molar-refractivity contribution in [3.63, 3.8) is 0 Å². The molecule has 1 rings (SSSR count). The molecular formula is C8H11N3O2S. The molecule has 0 spiro atoms. The Labute approximate surface area is 85.5 Å². The van der Waals surface area contributed by atoms with Gasteiger partial charge in [-0.05, 0) is 13.8 Å². The van der Waals surface area contributed by atoms with E-state index in [4.69, 9.17) is 5.11 Å². The third kappa shape index (κ3) is 3.14. The summed E-state index contributed by atoms with van der Waals surface area (Å²) in [5.41, 5.74) is 0. The highest BCUT2D eigenvalue weighted by Gasteiger charge is 2.07. The number of carboxylic acid groups (broad SMARTS) is 1. The fourth-order valence-corrected chi connectivity index (χ4v) is 1.53. The summed E-state index contributed by atoms with van der Waals surface area (Å²) in [6.45, 7) is 3.77. The Morgan fingerprint density at radius 3 is 2.86 bits per heavy atom. The molecule has 1 atom stereocenters. The topological polar surface area (TPSA) is 75.1 Å². The summed E-state index contributed by atoms with van der Waals surface area (Å²) < 4.78 is 0. The molecule has 1 heterocycles. The van der Waals surface area contributed by atoms with Gasteiger partial charge in [-0.3, -0.25) is 0 Å². The predicted molar refractivity (Wildman–Crippen MR) is 53.0 cm³/mol. The van der Waals surface area contributed by atoms with Crippen molar-refractivity contribution in [3.05, 3.63) is 22.3 Å². The molecule has 0 aliphatic rings. The lowest BCUT2D eigenvalue weighted by atomic mass is 10.4. The number of aliphatic carboxylic acids is 1. The van der Waals surface area contributed by atoms with E-state index in [1.807, 2.05) is 13.8 Å². The molecule has 0 aromatic carbocycles. The zero-order valence-corrected chi connectivity index (χ0v) is 8.71. The first-order valence-corrected chi connectivity index (χ1v) is 4.87. The first-order chi connectivity index (χ1) is 6.59. The van der Waals surface area contributed by atoms with Gasteiger partial charge >= 0.3 is 5.97 Å². The summed E-state index contributed by atoms with van der Waals surface area (Å²) >= 11 is 1.49. The maximum absolute atomic E-state index is 10.2. The Bertz CT molecular complexity index is 348. The maximum Gasteiger partial charge on any atom is 0.329 e. The van der Waals surface area contributed by atoms with E-state index in [-0.39, 0.29) is 6.04 Å². The monoisotopic (exact) mass is 213 g/mol. The van der Waals surface area contributed by atoms with Gasteiger partial charge in [0, 0.05) is 12.3 Å². The quantitative estimate of drug-likeness (QED) is 0.732. The van der Waals surface area contributed by atoms with Crippen LogP contribution in [0.25, 0.3) is 0 Å². The minimum Gasteiger partial charge on any atom is -0.478 e. The first-order valence-electron chi connectivity index (χ1n) is 4.05. The van der Waals surface area contributed by atoms with Crippen LogP contribution in [0.2, 0.25) is 0 Å². The predicted octanol–water partition coefficient (Wildman–Crippen LogP) is 1.10. The van der Waals surface area contributed by atoms with Crippen LogP contribution in [0.4, 0.5) is 0 Å². The van der Waals surface area contributed by atoms with Gasteiger partial charge in [0.05, 0.1) is 6.04 Å². The number of carbonyl (C=O) groups is 1. The van der Waals surface area contributed by atoms with E-state index < -0.39 is 5.97 Å². The molecule has 1 unspecified atom stereocenters. The van der Waals surface area contributed by atoms with Crippen molar-refractivity contribution in [1.82, 2.24) is 15.5 Å². The highest BCUT2D eigenvalue weighted by Crippen LogP contribution is 2.16. The van der Waals surface area contributed by atoms with Gasteiger partial charge in [0.2, 0.25) is 0 Å². The molecule has 0 aliphatic carbocycles. The summed E-state index contributed by atoms with van der Waals surface area (Å²) in [6.07, 6.45) is 2.44. The highest BCUT2D eigenvalue weighted by molar-refractivity contribution is 7.11. The largest absolute Gasteiger partial charge is 0.478 e. The number of aromatic nitrogens is 2. The summed E-state index contributed by atoms with van der Waals surface area (Å²) in [5.74, 6) is -0.974. The second-order valence-electron chi connectivity index (χ2n) is 2.72. The molecule has 0 fully saturated rings. The molecule has 0 amide bonds. The molecule has 0 aliphatic heterocycles. The second kappa shape index (κ2) is 4.71. The van der Waals surface area contributed by atoms with Gasteiger partial charge in [-0.2, -0.15) is 0 Å². The second-order valence-corrected chi connectivity index (χ2v) is 3.93. The van der Waals surface area contributed by atoms with Crippen LogP contribution in [0.5, 0.6) is 0 Å². The zero-order chi connectivity index (χ0) is 10.6. The van der Waals surface area contributed by atoms with Crippen LogP contribution in [0, 0.1) is 6.92 Å². The van der Waals surface area contributed by atoms with Crippen molar-refractivity contribution in [2.75, 3.05) is 0 Å². The number of nitrogens with one attached hydrogen (secondary N) is 1. The molecule has 76 valence electrons. The first kappa shape index (κ1) is 10.6. The third-order valence-corrected chi connectivity index (χ3v) is 2.51. The van der Waals surface area contributed by atoms with E-state index in [0.29, 0.717) is 0 Å². The summed E-state index contributed by atoms with van der Waals surface area (Å²) in [4.78, 5) is 10.2. The van der Waals surface area contributed by atoms with Crippen LogP contribution < -0.4 is 5.32 Å². The molecule has 0 radical (unpaired) electrons. The molecule has 1 aromatic heterocycles. The number of carboxylic acids is 1. The van der Waals surface area contributed by atoms with E-state index >= 15 is 0 Å². The van der Waals surface area contributed by atoms with Crippen LogP contribution in [0.15, 0.2) is 12.3 Å². The van der Waals surface area contributed by atoms with E-state index in [1.165, 1.54) is 17.5 Å². The Hall–Kier alpha value is -1.43. The Kier molecular flexibility index (Phi) is 3.58. The minimum absolute atomic E-state index is 0.0169. The lowest BCUT2D eigenvalue weighted by Crippen LogP contribution is -2.11. The van der Waals surface area contributed by atoms with Crippen molar-refractivity contribution in [3.8, 4) is 0 Å². The number of aryl methyl sites for hydroxylation is 1. The molecule has 0 bridgehead atoms. The van der Waals surface area contributed by atoms with Crippen molar-refractivity contribution in [1.29, 1.82) is 0 Å². The lowest BCUT2D eigenvalue weighted by Gasteiger charge is -2.05. The Morgan fingerprint density at radius 2 is 2.36 bits per heavy atom. The average molecular weight is 213 g/mol. The van der Waals surface area contributed by atoms with Gasteiger partial charge < -0.3 is 10.4 Å². The van der Waals surface area contributed by atoms with Crippen molar-refractivity contribution >= 4 is 17.3 Å². The summed E-state index contributed by atoms with van der Waals surface area (Å²) in [7, 11) is 0. The molecule has 5 nitrogen and oxygen atoms in total. The van der Waals surface area contributed by atoms with Crippen molar-refractivity contribution < 1.29 is 9.90 Å². The molecule has 0 saturated heterocycles. The zero-order valence-electron chi connectivity index (χ0n) is 7.89. The fraction of sp³-hybridized carbons (Fsp3) is 0.375. The Balaban J connectivity index is 2.50. The van der Waals surface area contributed by atoms with Crippen LogP contribution in [0.1, 0.15) is 23.0 Å². The van der Waals surface area contributed by atoms with Gasteiger partial charge in [0.15, 0.2) is 0 Å². The molecular weight excluding hydrogens is 202 g/mol. The number of hydrogen-bond acceptors (Lipinski definition) is 5. The smallest absolute Gasteiger partial charge is 0.329 e. The molecule has 14 heavy (non-hydrogen) atoms. The number of rotatable bonds is 4. The van der Waals surface area contributed by atoms with Crippen LogP contribution >= 0.6 is 11.3 Å². The summed E-state index contributed by atoms with van der Waals surface area (Å²) in [5, 5.41) is 20.8. The normalized spacial score (nSPS) is 13.0. The molecule has 1 aromatic rings. The van der Waals surface area contributed by atoms with Gasteiger partial charge in [0.25, 0.3) is 0 Å². The lowest BCUT2D eigenvalue weighted by molar-refractivity contribution is -0.131. The van der Waals surface area contributed by atoms with E-state index in [2.05, 4.69) is 15.5 Å². The molecule has 2 N–H and O–H groups in total. The molecule has 0 saturated carbocycles. The van der Waals surface area contributed by atoms with Crippen LogP contribution in [0.3, 0.4) is 0 Å². The van der Waals surface area contributed by atoms with Crippen molar-refractivity contribution in [2.24, 2.45) is 0 Å². The highest BCUT2D eigenvalue weighted by atomic mass is 32.1.